The normalized spacial score (nSPS) is 10.7. The van der Waals surface area contributed by atoms with E-state index in [1.165, 1.54) is 0 Å². The fourth-order valence-corrected chi connectivity index (χ4v) is 4.47. The van der Waals surface area contributed by atoms with Crippen molar-refractivity contribution in [3.8, 4) is 34.0 Å². The average molecular weight is 493 g/mol. The predicted molar refractivity (Wildman–Crippen MR) is 144 cm³/mol. The van der Waals surface area contributed by atoms with Gasteiger partial charge in [-0.3, -0.25) is 4.79 Å². The lowest BCUT2D eigenvalue weighted by molar-refractivity contribution is 0.102. The third-order valence-corrected chi connectivity index (χ3v) is 6.37. The molecule has 0 aliphatic heterocycles. The maximum Gasteiger partial charge on any atom is 0.255 e. The molecule has 5 aromatic rings. The van der Waals surface area contributed by atoms with Gasteiger partial charge in [-0.05, 0) is 89.0 Å². The summed E-state index contributed by atoms with van der Waals surface area (Å²) in [6.07, 6.45) is 4.18. The SMILES string of the molecule is CCc1nccc(-c2cccnc2Oc2ccc(NC(=O)c3cccc(-c4ccsc4)c3)cc2C)n1. The Balaban J connectivity index is 1.34. The number of ether oxygens (including phenoxy) is 1. The molecule has 0 aliphatic rings. The number of anilines is 1. The van der Waals surface area contributed by atoms with Crippen LogP contribution in [0.15, 0.2) is 89.9 Å². The van der Waals surface area contributed by atoms with Gasteiger partial charge in [-0.15, -0.1) is 0 Å². The summed E-state index contributed by atoms with van der Waals surface area (Å²) in [6, 6.07) is 20.9. The molecule has 0 bridgehead atoms. The van der Waals surface area contributed by atoms with E-state index in [-0.39, 0.29) is 5.91 Å². The number of hydrogen-bond acceptors (Lipinski definition) is 6. The van der Waals surface area contributed by atoms with Crippen molar-refractivity contribution in [3.63, 3.8) is 0 Å². The molecule has 0 fully saturated rings. The summed E-state index contributed by atoms with van der Waals surface area (Å²) < 4.78 is 6.19. The standard InChI is InChI=1S/C29H24N4O2S/c1-3-27-30-14-11-25(33-27)24-8-5-13-31-29(24)35-26-10-9-23(16-19(26)2)32-28(34)21-7-4-6-20(17-21)22-12-15-36-18-22/h4-18H,3H2,1-2H3,(H,32,34). The average Bonchev–Trinajstić information content (AvgIpc) is 3.46. The summed E-state index contributed by atoms with van der Waals surface area (Å²) >= 11 is 1.63. The first-order valence-electron chi connectivity index (χ1n) is 11.6. The van der Waals surface area contributed by atoms with Crippen LogP contribution in [0.5, 0.6) is 11.6 Å². The number of aryl methyl sites for hydroxylation is 2. The van der Waals surface area contributed by atoms with Gasteiger partial charge < -0.3 is 10.1 Å². The lowest BCUT2D eigenvalue weighted by Crippen LogP contribution is -2.12. The van der Waals surface area contributed by atoms with Gasteiger partial charge in [-0.1, -0.05) is 19.1 Å². The molecule has 0 saturated heterocycles. The van der Waals surface area contributed by atoms with Crippen molar-refractivity contribution in [2.24, 2.45) is 0 Å². The molecule has 1 amide bonds. The Bertz CT molecular complexity index is 1520. The molecule has 0 unspecified atom stereocenters. The zero-order valence-electron chi connectivity index (χ0n) is 19.9. The van der Waals surface area contributed by atoms with Gasteiger partial charge in [0.25, 0.3) is 5.91 Å². The molecule has 36 heavy (non-hydrogen) atoms. The molecular formula is C29H24N4O2S. The zero-order chi connectivity index (χ0) is 24.9. The summed E-state index contributed by atoms with van der Waals surface area (Å²) in [5.74, 6) is 1.71. The number of carbonyl (C=O) groups is 1. The van der Waals surface area contributed by atoms with Gasteiger partial charge in [-0.2, -0.15) is 11.3 Å². The van der Waals surface area contributed by atoms with Gasteiger partial charge in [0.1, 0.15) is 11.6 Å². The largest absolute Gasteiger partial charge is 0.438 e. The van der Waals surface area contributed by atoms with Gasteiger partial charge >= 0.3 is 0 Å². The van der Waals surface area contributed by atoms with Gasteiger partial charge in [0.15, 0.2) is 0 Å². The molecule has 178 valence electrons. The molecule has 5 rings (SSSR count). The highest BCUT2D eigenvalue weighted by molar-refractivity contribution is 7.08. The van der Waals surface area contributed by atoms with Crippen molar-refractivity contribution in [3.05, 3.63) is 107 Å². The van der Waals surface area contributed by atoms with Crippen LogP contribution in [-0.2, 0) is 6.42 Å². The number of nitrogens with one attached hydrogen (secondary N) is 1. The predicted octanol–water partition coefficient (Wildman–Crippen LogP) is 7.18. The van der Waals surface area contributed by atoms with Crippen molar-refractivity contribution in [2.45, 2.75) is 20.3 Å². The van der Waals surface area contributed by atoms with E-state index in [1.807, 2.05) is 86.0 Å². The number of rotatable bonds is 7. The first-order valence-corrected chi connectivity index (χ1v) is 12.5. The smallest absolute Gasteiger partial charge is 0.255 e. The van der Waals surface area contributed by atoms with Crippen LogP contribution in [0.2, 0.25) is 0 Å². The quantitative estimate of drug-likeness (QED) is 0.260. The van der Waals surface area contributed by atoms with Crippen LogP contribution in [0.25, 0.3) is 22.4 Å². The number of pyridine rings is 1. The molecule has 0 atom stereocenters. The summed E-state index contributed by atoms with van der Waals surface area (Å²) in [5.41, 5.74) is 5.83. The van der Waals surface area contributed by atoms with Crippen molar-refractivity contribution >= 4 is 22.9 Å². The van der Waals surface area contributed by atoms with Crippen LogP contribution in [0.1, 0.15) is 28.7 Å². The molecule has 3 aromatic heterocycles. The molecule has 6 nitrogen and oxygen atoms in total. The number of carbonyl (C=O) groups excluding carboxylic acids is 1. The van der Waals surface area contributed by atoms with Gasteiger partial charge in [0.05, 0.1) is 11.3 Å². The molecule has 2 aromatic carbocycles. The second-order valence-corrected chi connectivity index (χ2v) is 8.98. The summed E-state index contributed by atoms with van der Waals surface area (Å²) in [5, 5.41) is 7.08. The number of benzene rings is 2. The molecule has 0 spiro atoms. The van der Waals surface area contributed by atoms with Gasteiger partial charge in [-0.25, -0.2) is 15.0 Å². The van der Waals surface area contributed by atoms with Gasteiger partial charge in [0, 0.05) is 30.1 Å². The Morgan fingerprint density at radius 1 is 0.972 bits per heavy atom. The van der Waals surface area contributed by atoms with E-state index in [1.54, 1.807) is 23.7 Å². The van der Waals surface area contributed by atoms with E-state index < -0.39 is 0 Å². The van der Waals surface area contributed by atoms with E-state index in [4.69, 9.17) is 4.74 Å². The molecule has 0 aliphatic carbocycles. The lowest BCUT2D eigenvalue weighted by atomic mass is 10.1. The third-order valence-electron chi connectivity index (χ3n) is 5.69. The van der Waals surface area contributed by atoms with Crippen molar-refractivity contribution in [2.75, 3.05) is 5.32 Å². The molecular weight excluding hydrogens is 468 g/mol. The van der Waals surface area contributed by atoms with E-state index in [2.05, 4.69) is 25.6 Å². The highest BCUT2D eigenvalue weighted by atomic mass is 32.1. The van der Waals surface area contributed by atoms with E-state index in [0.29, 0.717) is 22.9 Å². The van der Waals surface area contributed by atoms with Crippen LogP contribution in [-0.4, -0.2) is 20.9 Å². The van der Waals surface area contributed by atoms with E-state index in [9.17, 15) is 4.79 Å². The number of aromatic nitrogens is 3. The highest BCUT2D eigenvalue weighted by Crippen LogP contribution is 2.33. The minimum atomic E-state index is -0.164. The van der Waals surface area contributed by atoms with E-state index in [0.717, 1.165) is 40.2 Å². The molecule has 0 saturated carbocycles. The molecule has 3 heterocycles. The zero-order valence-corrected chi connectivity index (χ0v) is 20.8. The Morgan fingerprint density at radius 3 is 2.69 bits per heavy atom. The lowest BCUT2D eigenvalue weighted by Gasteiger charge is -2.13. The fourth-order valence-electron chi connectivity index (χ4n) is 3.80. The Morgan fingerprint density at radius 2 is 1.89 bits per heavy atom. The minimum Gasteiger partial charge on any atom is -0.438 e. The second-order valence-electron chi connectivity index (χ2n) is 8.20. The minimum absolute atomic E-state index is 0.164. The Kier molecular flexibility index (Phi) is 6.82. The topological polar surface area (TPSA) is 77.0 Å². The fraction of sp³-hybridized carbons (Fsp3) is 0.103. The summed E-state index contributed by atoms with van der Waals surface area (Å²) in [6.45, 7) is 3.95. The van der Waals surface area contributed by atoms with E-state index >= 15 is 0 Å². The number of thiophene rings is 1. The van der Waals surface area contributed by atoms with Crippen molar-refractivity contribution in [1.29, 1.82) is 0 Å². The number of hydrogen-bond donors (Lipinski definition) is 1. The van der Waals surface area contributed by atoms with Crippen LogP contribution in [0.4, 0.5) is 5.69 Å². The summed E-state index contributed by atoms with van der Waals surface area (Å²) in [7, 11) is 0. The Labute approximate surface area is 213 Å². The molecule has 1 N–H and O–H groups in total. The first-order chi connectivity index (χ1) is 17.6. The van der Waals surface area contributed by atoms with Crippen LogP contribution >= 0.6 is 11.3 Å². The van der Waals surface area contributed by atoms with Gasteiger partial charge in [0.2, 0.25) is 5.88 Å². The maximum atomic E-state index is 12.9. The monoisotopic (exact) mass is 492 g/mol. The second kappa shape index (κ2) is 10.5. The first kappa shape index (κ1) is 23.4. The maximum absolute atomic E-state index is 12.9. The van der Waals surface area contributed by atoms with Crippen molar-refractivity contribution in [1.82, 2.24) is 15.0 Å². The van der Waals surface area contributed by atoms with Crippen molar-refractivity contribution < 1.29 is 9.53 Å². The molecule has 7 heteroatoms. The summed E-state index contributed by atoms with van der Waals surface area (Å²) in [4.78, 5) is 26.2. The third kappa shape index (κ3) is 5.16. The highest BCUT2D eigenvalue weighted by Gasteiger charge is 2.13. The Hall–Kier alpha value is -4.36. The number of nitrogens with zero attached hydrogens (tertiary/aromatic N) is 3. The van der Waals surface area contributed by atoms with Crippen LogP contribution in [0.3, 0.4) is 0 Å². The van der Waals surface area contributed by atoms with Crippen LogP contribution in [0, 0.1) is 6.92 Å². The molecule has 0 radical (unpaired) electrons. The number of amides is 1. The van der Waals surface area contributed by atoms with Crippen LogP contribution < -0.4 is 10.1 Å².